The summed E-state index contributed by atoms with van der Waals surface area (Å²) in [5.74, 6) is 0. The lowest BCUT2D eigenvalue weighted by Crippen LogP contribution is -2.11. The second-order valence-electron chi connectivity index (χ2n) is 4.61. The van der Waals surface area contributed by atoms with Crippen molar-refractivity contribution in [3.05, 3.63) is 48.1 Å². The molecule has 0 aromatic heterocycles. The van der Waals surface area contributed by atoms with E-state index in [2.05, 4.69) is 17.0 Å². The smallest absolute Gasteiger partial charge is 0.152 e. The van der Waals surface area contributed by atoms with Gasteiger partial charge in [0.25, 0.3) is 0 Å². The van der Waals surface area contributed by atoms with E-state index in [1.165, 1.54) is 0 Å². The first-order valence-electron chi connectivity index (χ1n) is 6.67. The molecule has 0 saturated carbocycles. The summed E-state index contributed by atoms with van der Waals surface area (Å²) in [6.45, 7) is 4.88. The van der Waals surface area contributed by atoms with E-state index in [1.54, 1.807) is 18.5 Å². The van der Waals surface area contributed by atoms with Crippen molar-refractivity contribution in [3.8, 4) is 11.1 Å². The first-order valence-corrected chi connectivity index (χ1v) is 6.67. The molecule has 0 atom stereocenters. The fourth-order valence-electron chi connectivity index (χ4n) is 2.23. The van der Waals surface area contributed by atoms with Crippen LogP contribution in [0.15, 0.2) is 41.9 Å². The van der Waals surface area contributed by atoms with E-state index in [0.29, 0.717) is 11.1 Å². The molecule has 21 heavy (non-hydrogen) atoms. The van der Waals surface area contributed by atoms with E-state index >= 15 is 0 Å². The molecule has 0 aromatic rings. The molecule has 0 amide bonds. The number of pyridine rings is 1. The van der Waals surface area contributed by atoms with Gasteiger partial charge in [-0.2, -0.15) is 0 Å². The van der Waals surface area contributed by atoms with Gasteiger partial charge in [0.2, 0.25) is 0 Å². The van der Waals surface area contributed by atoms with Crippen molar-refractivity contribution in [2.24, 2.45) is 4.99 Å². The van der Waals surface area contributed by atoms with Gasteiger partial charge in [0.15, 0.2) is 12.6 Å². The predicted octanol–water partition coefficient (Wildman–Crippen LogP) is 2.37. The number of fused-ring (bicyclic) bond motifs is 1. The number of carbonyl (C=O) groups is 2. The highest BCUT2D eigenvalue weighted by Crippen LogP contribution is 2.29. The summed E-state index contributed by atoms with van der Waals surface area (Å²) in [4.78, 5) is 25.8. The number of aryl methyl sites for hydroxylation is 1. The summed E-state index contributed by atoms with van der Waals surface area (Å²) >= 11 is 0. The van der Waals surface area contributed by atoms with Gasteiger partial charge in [-0.3, -0.25) is 14.6 Å². The number of hydrogen-bond donors (Lipinski definition) is 1. The average Bonchev–Trinajstić information content (AvgIpc) is 2.93. The van der Waals surface area contributed by atoms with Gasteiger partial charge in [-0.15, -0.1) is 0 Å². The highest BCUT2D eigenvalue weighted by Gasteiger charge is 2.14. The lowest BCUT2D eigenvalue weighted by Gasteiger charge is -2.12. The first kappa shape index (κ1) is 14.7. The molecule has 1 aliphatic heterocycles. The van der Waals surface area contributed by atoms with E-state index in [9.17, 15) is 9.59 Å². The Morgan fingerprint density at radius 2 is 1.95 bits per heavy atom. The van der Waals surface area contributed by atoms with Crippen molar-refractivity contribution in [1.29, 1.82) is 0 Å². The number of aldehydes is 2. The third-order valence-electron chi connectivity index (χ3n) is 3.23. The molecule has 108 valence electrons. The van der Waals surface area contributed by atoms with Crippen LogP contribution in [0.4, 0.5) is 0 Å². The summed E-state index contributed by atoms with van der Waals surface area (Å²) in [6, 6.07) is 3.55. The third-order valence-corrected chi connectivity index (χ3v) is 3.23. The molecular formula is C16H17N3O2. The highest BCUT2D eigenvalue weighted by atomic mass is 16.1. The minimum Gasteiger partial charge on any atom is -0.390 e. The van der Waals surface area contributed by atoms with E-state index in [4.69, 9.17) is 0 Å². The molecule has 2 aliphatic rings. The molecular weight excluding hydrogens is 266 g/mol. The van der Waals surface area contributed by atoms with Crippen LogP contribution in [0, 0.1) is 0 Å². The van der Waals surface area contributed by atoms with Crippen molar-refractivity contribution in [1.82, 2.24) is 9.88 Å². The van der Waals surface area contributed by atoms with Gasteiger partial charge < -0.3 is 9.88 Å². The number of aromatic nitrogens is 1. The van der Waals surface area contributed by atoms with Gasteiger partial charge in [-0.1, -0.05) is 12.1 Å². The minimum atomic E-state index is 0.601. The number of aliphatic imine (C=N–C) groups is 1. The Morgan fingerprint density at radius 1 is 1.14 bits per heavy atom. The molecule has 1 N–H and O–H groups in total. The van der Waals surface area contributed by atoms with E-state index in [0.717, 1.165) is 43.2 Å². The summed E-state index contributed by atoms with van der Waals surface area (Å²) in [5, 5.41) is 3.09. The quantitative estimate of drug-likeness (QED) is 0.459. The van der Waals surface area contributed by atoms with Crippen molar-refractivity contribution in [3.63, 3.8) is 0 Å². The van der Waals surface area contributed by atoms with Crippen LogP contribution in [-0.2, 0) is 6.54 Å². The average molecular weight is 283 g/mol. The molecule has 0 unspecified atom stereocenters. The van der Waals surface area contributed by atoms with Crippen LogP contribution in [0.2, 0.25) is 0 Å². The van der Waals surface area contributed by atoms with Crippen molar-refractivity contribution in [2.75, 3.05) is 6.54 Å². The normalized spacial score (nSPS) is 10.9. The Morgan fingerprint density at radius 3 is 2.67 bits per heavy atom. The van der Waals surface area contributed by atoms with Gasteiger partial charge in [-0.05, 0) is 18.7 Å². The first-order chi connectivity index (χ1) is 10.3. The topological polar surface area (TPSA) is 63.5 Å². The second-order valence-corrected chi connectivity index (χ2v) is 4.61. The fourth-order valence-corrected chi connectivity index (χ4v) is 2.23. The molecule has 2 rings (SSSR count). The van der Waals surface area contributed by atoms with Crippen LogP contribution < -0.4 is 5.32 Å². The number of nitrogens with zero attached hydrogens (tertiary/aromatic N) is 2. The maximum atomic E-state index is 11.2. The van der Waals surface area contributed by atoms with Gasteiger partial charge in [0, 0.05) is 54.6 Å². The standard InChI is InChI=1S/C16H17N3O2/c1-17-6-7-18-5-2-8-19-9-14(12-21)15-4-3-13(11-20)16(15)10-19/h3-4,6-7,9-12,18H,1-2,5,8H2/b7-6-. The molecule has 0 aromatic carbocycles. The number of rotatable bonds is 8. The predicted molar refractivity (Wildman–Crippen MR) is 83.1 cm³/mol. The van der Waals surface area contributed by atoms with Crippen LogP contribution in [0.25, 0.3) is 11.1 Å². The van der Waals surface area contributed by atoms with Crippen molar-refractivity contribution in [2.45, 2.75) is 13.0 Å². The highest BCUT2D eigenvalue weighted by molar-refractivity contribution is 5.96. The minimum absolute atomic E-state index is 0.601. The number of nitrogens with one attached hydrogen (secondary N) is 1. The zero-order valence-corrected chi connectivity index (χ0v) is 11.7. The summed E-state index contributed by atoms with van der Waals surface area (Å²) in [6.07, 6.45) is 9.56. The Labute approximate surface area is 123 Å². The van der Waals surface area contributed by atoms with Crippen LogP contribution >= 0.6 is 0 Å². The zero-order chi connectivity index (χ0) is 15.1. The monoisotopic (exact) mass is 283 g/mol. The number of carbonyl (C=O) groups excluding carboxylic acids is 2. The molecule has 5 heteroatoms. The molecule has 0 radical (unpaired) electrons. The molecule has 1 heterocycles. The maximum Gasteiger partial charge on any atom is 0.152 e. The summed E-state index contributed by atoms with van der Waals surface area (Å²) in [7, 11) is 0. The molecule has 1 aliphatic carbocycles. The molecule has 0 fully saturated rings. The fraction of sp³-hybridized carbons (Fsp3) is 0.188. The van der Waals surface area contributed by atoms with Crippen molar-refractivity contribution < 1.29 is 9.59 Å². The lowest BCUT2D eigenvalue weighted by molar-refractivity contribution is 0.111. The van der Waals surface area contributed by atoms with Crippen LogP contribution in [0.3, 0.4) is 0 Å². The van der Waals surface area contributed by atoms with Crippen LogP contribution in [0.1, 0.15) is 27.1 Å². The maximum absolute atomic E-state index is 11.2. The van der Waals surface area contributed by atoms with E-state index in [-0.39, 0.29) is 0 Å². The third kappa shape index (κ3) is 3.45. The zero-order valence-electron chi connectivity index (χ0n) is 11.7. The molecule has 0 saturated heterocycles. The molecule has 5 nitrogen and oxygen atoms in total. The second kappa shape index (κ2) is 7.19. The lowest BCUT2D eigenvalue weighted by atomic mass is 10.1. The Hall–Kier alpha value is -2.69. The number of hydrogen-bond acceptors (Lipinski definition) is 4. The van der Waals surface area contributed by atoms with Crippen LogP contribution in [0.5, 0.6) is 0 Å². The SMILES string of the molecule is C=N/C=C\NCCCn1cc(C=O)c2ccc(C=O)c-2c1. The molecule has 0 spiro atoms. The van der Waals surface area contributed by atoms with Gasteiger partial charge in [0.1, 0.15) is 0 Å². The Bertz CT molecular complexity index is 643. The van der Waals surface area contributed by atoms with Gasteiger partial charge in [-0.25, -0.2) is 0 Å². The van der Waals surface area contributed by atoms with Crippen molar-refractivity contribution >= 4 is 19.3 Å². The van der Waals surface area contributed by atoms with E-state index < -0.39 is 0 Å². The Kier molecular flexibility index (Phi) is 5.04. The molecule has 0 bridgehead atoms. The summed E-state index contributed by atoms with van der Waals surface area (Å²) < 4.78 is 1.94. The summed E-state index contributed by atoms with van der Waals surface area (Å²) in [5.41, 5.74) is 2.85. The largest absolute Gasteiger partial charge is 0.390 e. The van der Waals surface area contributed by atoms with E-state index in [1.807, 2.05) is 23.0 Å². The van der Waals surface area contributed by atoms with Crippen LogP contribution in [-0.4, -0.2) is 30.4 Å². The Balaban J connectivity index is 2.10. The van der Waals surface area contributed by atoms with Gasteiger partial charge >= 0.3 is 0 Å². The van der Waals surface area contributed by atoms with Gasteiger partial charge in [0.05, 0.1) is 0 Å².